The summed E-state index contributed by atoms with van der Waals surface area (Å²) in [6.45, 7) is 1.86. The maximum absolute atomic E-state index is 10.8. The van der Waals surface area contributed by atoms with E-state index in [9.17, 15) is 9.59 Å². The van der Waals surface area contributed by atoms with Gasteiger partial charge in [0.05, 0.1) is 5.92 Å². The van der Waals surface area contributed by atoms with E-state index >= 15 is 0 Å². The molecule has 3 unspecified atom stereocenters. The van der Waals surface area contributed by atoms with Gasteiger partial charge < -0.3 is 15.9 Å². The van der Waals surface area contributed by atoms with E-state index in [4.69, 9.17) is 15.9 Å². The average molecular weight is 201 g/mol. The van der Waals surface area contributed by atoms with Crippen LogP contribution in [0, 0.1) is 11.8 Å². The Bertz CT molecular complexity index is 266. The van der Waals surface area contributed by atoms with Gasteiger partial charge in [0, 0.05) is 0 Å². The Morgan fingerprint density at radius 3 is 2.29 bits per heavy atom. The Kier molecular flexibility index (Phi) is 2.80. The molecule has 0 spiro atoms. The summed E-state index contributed by atoms with van der Waals surface area (Å²) >= 11 is 0. The van der Waals surface area contributed by atoms with Crippen molar-refractivity contribution >= 4 is 11.9 Å². The minimum atomic E-state index is -1.34. The monoisotopic (exact) mass is 201 g/mol. The van der Waals surface area contributed by atoms with Crippen molar-refractivity contribution in [2.45, 2.75) is 31.7 Å². The molecule has 3 atom stereocenters. The molecule has 1 fully saturated rings. The van der Waals surface area contributed by atoms with Gasteiger partial charge in [-0.25, -0.2) is 0 Å². The van der Waals surface area contributed by atoms with E-state index in [0.29, 0.717) is 6.42 Å². The number of nitrogens with two attached hydrogens (primary N) is 1. The van der Waals surface area contributed by atoms with Crippen molar-refractivity contribution in [1.29, 1.82) is 0 Å². The number of carboxylic acid groups (broad SMARTS) is 2. The van der Waals surface area contributed by atoms with E-state index in [1.165, 1.54) is 0 Å². The highest BCUT2D eigenvalue weighted by atomic mass is 16.4. The second-order valence-corrected chi connectivity index (χ2v) is 3.98. The van der Waals surface area contributed by atoms with Gasteiger partial charge in [-0.05, 0) is 18.8 Å². The van der Waals surface area contributed by atoms with Gasteiger partial charge >= 0.3 is 11.9 Å². The quantitative estimate of drug-likeness (QED) is 0.609. The van der Waals surface area contributed by atoms with Gasteiger partial charge in [-0.2, -0.15) is 0 Å². The van der Waals surface area contributed by atoms with E-state index in [0.717, 1.165) is 0 Å². The van der Waals surface area contributed by atoms with E-state index in [-0.39, 0.29) is 18.8 Å². The summed E-state index contributed by atoms with van der Waals surface area (Å²) in [7, 11) is 0. The molecule has 0 amide bonds. The lowest BCUT2D eigenvalue weighted by Gasteiger charge is -2.17. The van der Waals surface area contributed by atoms with Crippen molar-refractivity contribution in [3.8, 4) is 0 Å². The number of aliphatic carboxylic acids is 2. The SMILES string of the molecule is CCC1CC(N)(C(=O)O)CC1C(=O)O. The van der Waals surface area contributed by atoms with Gasteiger partial charge in [0.2, 0.25) is 0 Å². The van der Waals surface area contributed by atoms with Crippen molar-refractivity contribution in [2.75, 3.05) is 0 Å². The van der Waals surface area contributed by atoms with E-state index < -0.39 is 23.4 Å². The van der Waals surface area contributed by atoms with E-state index in [1.54, 1.807) is 0 Å². The summed E-state index contributed by atoms with van der Waals surface area (Å²) in [5, 5.41) is 17.7. The fourth-order valence-corrected chi connectivity index (χ4v) is 2.14. The molecule has 5 heteroatoms. The molecule has 1 aliphatic carbocycles. The summed E-state index contributed by atoms with van der Waals surface area (Å²) in [5.74, 6) is -2.76. The first kappa shape index (κ1) is 11.0. The Morgan fingerprint density at radius 1 is 1.43 bits per heavy atom. The number of carboxylic acids is 2. The van der Waals surface area contributed by atoms with Crippen molar-refractivity contribution in [2.24, 2.45) is 17.6 Å². The summed E-state index contributed by atoms with van der Waals surface area (Å²) in [5.41, 5.74) is 4.29. The zero-order valence-corrected chi connectivity index (χ0v) is 8.06. The molecule has 5 nitrogen and oxygen atoms in total. The maximum Gasteiger partial charge on any atom is 0.323 e. The first-order valence-electron chi connectivity index (χ1n) is 4.66. The van der Waals surface area contributed by atoms with Crippen LogP contribution in [-0.2, 0) is 9.59 Å². The molecule has 1 rings (SSSR count). The van der Waals surface area contributed by atoms with Crippen molar-refractivity contribution in [3.63, 3.8) is 0 Å². The first-order chi connectivity index (χ1) is 6.40. The zero-order chi connectivity index (χ0) is 10.9. The lowest BCUT2D eigenvalue weighted by Crippen LogP contribution is -2.45. The van der Waals surface area contributed by atoms with Crippen molar-refractivity contribution in [3.05, 3.63) is 0 Å². The Hall–Kier alpha value is -1.10. The van der Waals surface area contributed by atoms with Crippen LogP contribution in [0.3, 0.4) is 0 Å². The molecule has 0 heterocycles. The predicted molar refractivity (Wildman–Crippen MR) is 48.7 cm³/mol. The summed E-state index contributed by atoms with van der Waals surface area (Å²) in [6, 6.07) is 0. The maximum atomic E-state index is 10.8. The third kappa shape index (κ3) is 1.72. The van der Waals surface area contributed by atoms with Crippen LogP contribution in [0.5, 0.6) is 0 Å². The highest BCUT2D eigenvalue weighted by Gasteiger charge is 2.49. The third-order valence-electron chi connectivity index (χ3n) is 3.05. The zero-order valence-electron chi connectivity index (χ0n) is 8.06. The smallest absolute Gasteiger partial charge is 0.323 e. The van der Waals surface area contributed by atoms with Crippen molar-refractivity contribution < 1.29 is 19.8 Å². The number of hydrogen-bond donors (Lipinski definition) is 3. The molecule has 1 saturated carbocycles. The van der Waals surface area contributed by atoms with Gasteiger partial charge in [0.1, 0.15) is 5.54 Å². The molecule has 0 bridgehead atoms. The van der Waals surface area contributed by atoms with Crippen LogP contribution in [0.2, 0.25) is 0 Å². The van der Waals surface area contributed by atoms with Gasteiger partial charge in [0.25, 0.3) is 0 Å². The van der Waals surface area contributed by atoms with Crippen LogP contribution in [0.25, 0.3) is 0 Å². The number of hydrogen-bond acceptors (Lipinski definition) is 3. The van der Waals surface area contributed by atoms with Crippen LogP contribution in [0.4, 0.5) is 0 Å². The fourth-order valence-electron chi connectivity index (χ4n) is 2.14. The Balaban J connectivity index is 2.84. The molecule has 0 aromatic carbocycles. The highest BCUT2D eigenvalue weighted by Crippen LogP contribution is 2.40. The van der Waals surface area contributed by atoms with E-state index in [1.807, 2.05) is 6.92 Å². The molecule has 0 saturated heterocycles. The van der Waals surface area contributed by atoms with Gasteiger partial charge in [-0.3, -0.25) is 9.59 Å². The molecular weight excluding hydrogens is 186 g/mol. The molecule has 80 valence electrons. The minimum Gasteiger partial charge on any atom is -0.481 e. The molecule has 0 aliphatic heterocycles. The summed E-state index contributed by atoms with van der Waals surface area (Å²) in [6.07, 6.45) is 0.954. The normalized spacial score (nSPS) is 37.0. The molecule has 0 aromatic heterocycles. The summed E-state index contributed by atoms with van der Waals surface area (Å²) < 4.78 is 0. The molecule has 1 aliphatic rings. The minimum absolute atomic E-state index is 0.0379. The van der Waals surface area contributed by atoms with Crippen LogP contribution in [0.1, 0.15) is 26.2 Å². The lowest BCUT2D eigenvalue weighted by atomic mass is 9.94. The predicted octanol–water partition coefficient (Wildman–Crippen LogP) is 0.289. The average Bonchev–Trinajstić information content (AvgIpc) is 2.44. The van der Waals surface area contributed by atoms with Gasteiger partial charge in [-0.1, -0.05) is 13.3 Å². The van der Waals surface area contributed by atoms with Crippen LogP contribution in [-0.4, -0.2) is 27.7 Å². The fraction of sp³-hybridized carbons (Fsp3) is 0.778. The molecule has 0 aromatic rings. The third-order valence-corrected chi connectivity index (χ3v) is 3.05. The molecule has 4 N–H and O–H groups in total. The highest BCUT2D eigenvalue weighted by molar-refractivity contribution is 5.81. The largest absolute Gasteiger partial charge is 0.481 e. The second kappa shape index (κ2) is 3.57. The van der Waals surface area contributed by atoms with Gasteiger partial charge in [-0.15, -0.1) is 0 Å². The Labute approximate surface area is 81.9 Å². The standard InChI is InChI=1S/C9H15NO4/c1-2-5-3-9(10,8(13)14)4-6(5)7(11)12/h5-6H,2-4,10H2,1H3,(H,11,12)(H,13,14). The molecular formula is C9H15NO4. The van der Waals surface area contributed by atoms with Crippen LogP contribution < -0.4 is 5.73 Å². The molecule has 0 radical (unpaired) electrons. The van der Waals surface area contributed by atoms with Crippen LogP contribution >= 0.6 is 0 Å². The van der Waals surface area contributed by atoms with E-state index in [2.05, 4.69) is 0 Å². The topological polar surface area (TPSA) is 101 Å². The first-order valence-corrected chi connectivity index (χ1v) is 4.66. The number of carbonyl (C=O) groups is 2. The number of rotatable bonds is 3. The second-order valence-electron chi connectivity index (χ2n) is 3.98. The van der Waals surface area contributed by atoms with Crippen molar-refractivity contribution in [1.82, 2.24) is 0 Å². The van der Waals surface area contributed by atoms with Gasteiger partial charge in [0.15, 0.2) is 0 Å². The lowest BCUT2D eigenvalue weighted by molar-refractivity contribution is -0.144. The Morgan fingerprint density at radius 2 is 2.00 bits per heavy atom. The summed E-state index contributed by atoms with van der Waals surface area (Å²) in [4.78, 5) is 21.7. The molecule has 14 heavy (non-hydrogen) atoms. The van der Waals surface area contributed by atoms with Crippen LogP contribution in [0.15, 0.2) is 0 Å².